The molecule has 3 N–H and O–H groups in total. The average Bonchev–Trinajstić information content (AvgIpc) is 2.68. The minimum atomic E-state index is 0. The fraction of sp³-hybridized carbons (Fsp3) is 0.391. The van der Waals surface area contributed by atoms with Gasteiger partial charge in [0.1, 0.15) is 0 Å². The molecule has 2 aromatic carbocycles. The number of aryl methyl sites for hydroxylation is 2. The summed E-state index contributed by atoms with van der Waals surface area (Å²) in [5.74, 6) is 0.405. The number of nitrogens with zero attached hydrogens (tertiary/aromatic N) is 2. The zero-order valence-corrected chi connectivity index (χ0v) is 20.3. The number of anilines is 1. The summed E-state index contributed by atoms with van der Waals surface area (Å²) in [4.78, 5) is 19.0. The summed E-state index contributed by atoms with van der Waals surface area (Å²) in [6.45, 7) is 9.82. The number of amides is 1. The summed E-state index contributed by atoms with van der Waals surface area (Å²) in [5.41, 5.74) is 11.0. The van der Waals surface area contributed by atoms with Crippen molar-refractivity contribution in [3.8, 4) is 0 Å². The maximum absolute atomic E-state index is 12.7. The van der Waals surface area contributed by atoms with Gasteiger partial charge in [0.15, 0.2) is 5.96 Å². The molecule has 6 nitrogen and oxygen atoms in total. The standard InChI is InChI=1S/C23H30N4O2.HI/c1-15-5-10-21(11-16(15)2)26-23(24)25-12-19-6-8-20(9-7-19)22(28)27-13-17(3)29-18(4)14-27;/h5-11,17-18H,12-14H2,1-4H3,(H3,24,25,26);1H. The topological polar surface area (TPSA) is 79.9 Å². The Bertz CT molecular complexity index is 889. The predicted molar refractivity (Wildman–Crippen MR) is 133 cm³/mol. The highest BCUT2D eigenvalue weighted by Gasteiger charge is 2.26. The van der Waals surface area contributed by atoms with Crippen molar-refractivity contribution >= 4 is 41.5 Å². The lowest BCUT2D eigenvalue weighted by molar-refractivity contribution is -0.0586. The van der Waals surface area contributed by atoms with Gasteiger partial charge in [-0.25, -0.2) is 4.99 Å². The molecule has 1 amide bonds. The van der Waals surface area contributed by atoms with E-state index >= 15 is 0 Å². The Morgan fingerprint density at radius 3 is 2.33 bits per heavy atom. The molecule has 2 aromatic rings. The number of hydrogen-bond donors (Lipinski definition) is 2. The molecule has 0 bridgehead atoms. The molecule has 1 aliphatic rings. The van der Waals surface area contributed by atoms with Crippen LogP contribution in [0.25, 0.3) is 0 Å². The molecule has 0 saturated carbocycles. The first-order chi connectivity index (χ1) is 13.8. The van der Waals surface area contributed by atoms with Crippen LogP contribution in [0.15, 0.2) is 47.5 Å². The average molecular weight is 522 g/mol. The van der Waals surface area contributed by atoms with Crippen LogP contribution in [0.4, 0.5) is 5.69 Å². The number of nitrogens with one attached hydrogen (secondary N) is 1. The molecule has 1 fully saturated rings. The van der Waals surface area contributed by atoms with Crippen LogP contribution in [-0.4, -0.2) is 42.1 Å². The summed E-state index contributed by atoms with van der Waals surface area (Å²) in [7, 11) is 0. The van der Waals surface area contributed by atoms with E-state index in [1.54, 1.807) is 0 Å². The summed E-state index contributed by atoms with van der Waals surface area (Å²) in [6.07, 6.45) is 0.119. The third kappa shape index (κ3) is 6.43. The van der Waals surface area contributed by atoms with Crippen molar-refractivity contribution in [2.45, 2.75) is 46.4 Å². The third-order valence-electron chi connectivity index (χ3n) is 5.12. The number of nitrogens with two attached hydrogens (primary N) is 1. The van der Waals surface area contributed by atoms with Crippen LogP contribution in [0.5, 0.6) is 0 Å². The van der Waals surface area contributed by atoms with E-state index in [0.717, 1.165) is 11.3 Å². The van der Waals surface area contributed by atoms with Crippen LogP contribution in [0.3, 0.4) is 0 Å². The molecule has 0 spiro atoms. The number of carbonyl (C=O) groups excluding carboxylic acids is 1. The number of halogens is 1. The second-order valence-electron chi connectivity index (χ2n) is 7.79. The van der Waals surface area contributed by atoms with E-state index in [4.69, 9.17) is 10.5 Å². The maximum Gasteiger partial charge on any atom is 0.254 e. The molecule has 1 heterocycles. The van der Waals surface area contributed by atoms with E-state index < -0.39 is 0 Å². The van der Waals surface area contributed by atoms with Crippen LogP contribution in [0, 0.1) is 13.8 Å². The van der Waals surface area contributed by atoms with E-state index in [1.807, 2.05) is 55.1 Å². The Kier molecular flexibility index (Phi) is 8.66. The number of carbonyl (C=O) groups is 1. The number of ether oxygens (including phenoxy) is 1. The number of guanidine groups is 1. The van der Waals surface area contributed by atoms with Gasteiger partial charge in [-0.1, -0.05) is 18.2 Å². The van der Waals surface area contributed by atoms with Crippen molar-refractivity contribution in [2.75, 3.05) is 18.4 Å². The second-order valence-corrected chi connectivity index (χ2v) is 7.79. The van der Waals surface area contributed by atoms with Crippen LogP contribution < -0.4 is 11.1 Å². The molecule has 0 radical (unpaired) electrons. The number of rotatable bonds is 4. The minimum absolute atomic E-state index is 0. The monoisotopic (exact) mass is 522 g/mol. The van der Waals surface area contributed by atoms with Crippen molar-refractivity contribution in [1.29, 1.82) is 0 Å². The molecule has 7 heteroatoms. The van der Waals surface area contributed by atoms with Crippen molar-refractivity contribution in [3.63, 3.8) is 0 Å². The fourth-order valence-corrected chi connectivity index (χ4v) is 3.46. The summed E-state index contributed by atoms with van der Waals surface area (Å²) in [6, 6.07) is 13.6. The first-order valence-corrected chi connectivity index (χ1v) is 9.99. The van der Waals surface area contributed by atoms with E-state index in [9.17, 15) is 4.79 Å². The van der Waals surface area contributed by atoms with E-state index in [1.165, 1.54) is 11.1 Å². The highest BCUT2D eigenvalue weighted by Crippen LogP contribution is 2.16. The van der Waals surface area contributed by atoms with Crippen LogP contribution >= 0.6 is 24.0 Å². The van der Waals surface area contributed by atoms with Crippen LogP contribution in [0.1, 0.15) is 40.9 Å². The van der Waals surface area contributed by atoms with Crippen LogP contribution in [0.2, 0.25) is 0 Å². The Morgan fingerprint density at radius 2 is 1.73 bits per heavy atom. The highest BCUT2D eigenvalue weighted by molar-refractivity contribution is 14.0. The summed E-state index contributed by atoms with van der Waals surface area (Å²) < 4.78 is 5.70. The second kappa shape index (κ2) is 10.8. The van der Waals surface area contributed by atoms with Gasteiger partial charge in [-0.3, -0.25) is 4.79 Å². The minimum Gasteiger partial charge on any atom is -0.372 e. The van der Waals surface area contributed by atoms with Gasteiger partial charge in [0.25, 0.3) is 5.91 Å². The van der Waals surface area contributed by atoms with Crippen molar-refractivity contribution in [1.82, 2.24) is 4.90 Å². The van der Waals surface area contributed by atoms with Gasteiger partial charge in [-0.05, 0) is 68.7 Å². The zero-order chi connectivity index (χ0) is 21.0. The van der Waals surface area contributed by atoms with E-state index in [0.29, 0.717) is 31.2 Å². The van der Waals surface area contributed by atoms with Crippen LogP contribution in [-0.2, 0) is 11.3 Å². The Hall–Kier alpha value is -2.13. The van der Waals surface area contributed by atoms with Gasteiger partial charge in [0.05, 0.1) is 18.8 Å². The van der Waals surface area contributed by atoms with Gasteiger partial charge in [-0.15, -0.1) is 24.0 Å². The Morgan fingerprint density at radius 1 is 1.10 bits per heavy atom. The smallest absolute Gasteiger partial charge is 0.254 e. The molecule has 3 rings (SSSR count). The number of morpholine rings is 1. The molecular weight excluding hydrogens is 491 g/mol. The van der Waals surface area contributed by atoms with Gasteiger partial charge in [-0.2, -0.15) is 0 Å². The van der Waals surface area contributed by atoms with Crippen molar-refractivity contribution in [3.05, 3.63) is 64.7 Å². The van der Waals surface area contributed by atoms with Crippen molar-refractivity contribution in [2.24, 2.45) is 10.7 Å². The molecule has 2 atom stereocenters. The molecule has 1 saturated heterocycles. The van der Waals surface area contributed by atoms with Crippen molar-refractivity contribution < 1.29 is 9.53 Å². The molecular formula is C23H31IN4O2. The number of aliphatic imine (C=N–C) groups is 1. The SMILES string of the molecule is Cc1ccc(NC(N)=NCc2ccc(C(=O)N3CC(C)OC(C)C3)cc2)cc1C.I. The van der Waals surface area contributed by atoms with Gasteiger partial charge in [0, 0.05) is 24.3 Å². The van der Waals surface area contributed by atoms with Gasteiger partial charge in [0.2, 0.25) is 0 Å². The zero-order valence-electron chi connectivity index (χ0n) is 18.0. The Labute approximate surface area is 195 Å². The Balaban J connectivity index is 0.00000320. The lowest BCUT2D eigenvalue weighted by Gasteiger charge is -2.35. The van der Waals surface area contributed by atoms with Gasteiger partial charge < -0.3 is 20.7 Å². The molecule has 0 aliphatic carbocycles. The molecule has 162 valence electrons. The summed E-state index contributed by atoms with van der Waals surface area (Å²) in [5, 5.41) is 3.12. The first-order valence-electron chi connectivity index (χ1n) is 9.99. The number of benzene rings is 2. The highest BCUT2D eigenvalue weighted by atomic mass is 127. The predicted octanol–water partition coefficient (Wildman–Crippen LogP) is 4.10. The molecule has 0 aromatic heterocycles. The maximum atomic E-state index is 12.7. The quantitative estimate of drug-likeness (QED) is 0.360. The largest absolute Gasteiger partial charge is 0.372 e. The fourth-order valence-electron chi connectivity index (χ4n) is 3.46. The lowest BCUT2D eigenvalue weighted by atomic mass is 10.1. The molecule has 1 aliphatic heterocycles. The molecule has 30 heavy (non-hydrogen) atoms. The van der Waals surface area contributed by atoms with Gasteiger partial charge >= 0.3 is 0 Å². The third-order valence-corrected chi connectivity index (χ3v) is 5.12. The normalized spacial score (nSPS) is 19.2. The first kappa shape index (κ1) is 24.1. The van der Waals surface area contributed by atoms with E-state index in [-0.39, 0.29) is 42.1 Å². The molecule has 2 unspecified atom stereocenters. The van der Waals surface area contributed by atoms with E-state index in [2.05, 4.69) is 30.2 Å². The lowest BCUT2D eigenvalue weighted by Crippen LogP contribution is -2.48. The number of hydrogen-bond acceptors (Lipinski definition) is 3. The summed E-state index contributed by atoms with van der Waals surface area (Å²) >= 11 is 0.